The van der Waals surface area contributed by atoms with Gasteiger partial charge in [0.1, 0.15) is 0 Å². The highest BCUT2D eigenvalue weighted by Gasteiger charge is 2.15. The molecule has 0 saturated carbocycles. The van der Waals surface area contributed by atoms with E-state index in [1.807, 2.05) is 6.07 Å². The third kappa shape index (κ3) is 2.24. The second kappa shape index (κ2) is 4.54. The molecule has 0 saturated heterocycles. The van der Waals surface area contributed by atoms with E-state index in [2.05, 4.69) is 44.3 Å². The third-order valence-corrected chi connectivity index (χ3v) is 2.98. The van der Waals surface area contributed by atoms with Crippen LogP contribution in [0.4, 0.5) is 11.4 Å². The van der Waals surface area contributed by atoms with Crippen molar-refractivity contribution in [3.05, 3.63) is 22.7 Å². The molecule has 2 rings (SSSR count). The Kier molecular flexibility index (Phi) is 3.12. The van der Waals surface area contributed by atoms with Crippen molar-refractivity contribution in [3.63, 3.8) is 0 Å². The van der Waals surface area contributed by atoms with Crippen LogP contribution in [0.5, 0.6) is 0 Å². The molecule has 0 amide bonds. The number of benzene rings is 1. The number of fused-ring (bicyclic) bond motifs is 1. The minimum absolute atomic E-state index is 0.579. The van der Waals surface area contributed by atoms with Gasteiger partial charge >= 0.3 is 0 Å². The molecule has 1 aromatic rings. The summed E-state index contributed by atoms with van der Waals surface area (Å²) in [6.07, 6.45) is 0.579. The summed E-state index contributed by atoms with van der Waals surface area (Å²) in [5.74, 6) is 0. The summed E-state index contributed by atoms with van der Waals surface area (Å²) < 4.78 is 1.08. The Morgan fingerprint density at radius 1 is 1.53 bits per heavy atom. The summed E-state index contributed by atoms with van der Waals surface area (Å²) in [4.78, 5) is 2.25. The highest BCUT2D eigenvalue weighted by Crippen LogP contribution is 2.31. The molecule has 4 heteroatoms. The summed E-state index contributed by atoms with van der Waals surface area (Å²) in [5, 5.41) is 11.9. The molecule has 0 spiro atoms. The van der Waals surface area contributed by atoms with E-state index in [0.29, 0.717) is 6.42 Å². The van der Waals surface area contributed by atoms with Crippen LogP contribution in [0.1, 0.15) is 6.42 Å². The second-order valence-electron chi connectivity index (χ2n) is 3.48. The molecule has 1 aliphatic heterocycles. The number of nitriles is 1. The Balaban J connectivity index is 2.23. The Labute approximate surface area is 97.8 Å². The van der Waals surface area contributed by atoms with Gasteiger partial charge in [0, 0.05) is 24.1 Å². The van der Waals surface area contributed by atoms with Crippen molar-refractivity contribution in [3.8, 4) is 6.07 Å². The van der Waals surface area contributed by atoms with Crippen LogP contribution in [0.15, 0.2) is 22.7 Å². The molecule has 0 bridgehead atoms. The predicted molar refractivity (Wildman–Crippen MR) is 65.1 cm³/mol. The molecule has 3 nitrogen and oxygen atoms in total. The van der Waals surface area contributed by atoms with E-state index in [1.54, 1.807) is 0 Å². The molecule has 1 N–H and O–H groups in total. The van der Waals surface area contributed by atoms with E-state index in [4.69, 9.17) is 5.26 Å². The zero-order chi connectivity index (χ0) is 10.7. The van der Waals surface area contributed by atoms with Gasteiger partial charge in [-0.05, 0) is 18.2 Å². The Morgan fingerprint density at radius 3 is 3.20 bits per heavy atom. The molecule has 15 heavy (non-hydrogen) atoms. The van der Waals surface area contributed by atoms with Crippen LogP contribution in [0.2, 0.25) is 0 Å². The fourth-order valence-electron chi connectivity index (χ4n) is 1.79. The van der Waals surface area contributed by atoms with Crippen LogP contribution in [-0.2, 0) is 0 Å². The molecule has 0 aliphatic carbocycles. The van der Waals surface area contributed by atoms with E-state index in [-0.39, 0.29) is 0 Å². The average Bonchev–Trinajstić information content (AvgIpc) is 2.25. The summed E-state index contributed by atoms with van der Waals surface area (Å²) in [6, 6.07) is 8.38. The first kappa shape index (κ1) is 10.3. The average molecular weight is 266 g/mol. The van der Waals surface area contributed by atoms with E-state index in [9.17, 15) is 0 Å². The number of hydrogen-bond donors (Lipinski definition) is 1. The van der Waals surface area contributed by atoms with Crippen LogP contribution in [0.3, 0.4) is 0 Å². The fourth-order valence-corrected chi connectivity index (χ4v) is 2.15. The van der Waals surface area contributed by atoms with Gasteiger partial charge in [0.2, 0.25) is 0 Å². The molecular formula is C11H12BrN3. The normalized spacial score (nSPS) is 14.0. The summed E-state index contributed by atoms with van der Waals surface area (Å²) in [6.45, 7) is 2.72. The summed E-state index contributed by atoms with van der Waals surface area (Å²) in [7, 11) is 0. The summed E-state index contributed by atoms with van der Waals surface area (Å²) >= 11 is 3.45. The number of rotatable bonds is 2. The maximum atomic E-state index is 8.59. The lowest BCUT2D eigenvalue weighted by Gasteiger charge is -2.31. The molecule has 0 radical (unpaired) electrons. The molecule has 0 unspecified atom stereocenters. The predicted octanol–water partition coefficient (Wildman–Crippen LogP) is 2.59. The van der Waals surface area contributed by atoms with Crippen molar-refractivity contribution in [2.75, 3.05) is 29.9 Å². The first-order valence-electron chi connectivity index (χ1n) is 4.96. The van der Waals surface area contributed by atoms with Crippen LogP contribution >= 0.6 is 15.9 Å². The second-order valence-corrected chi connectivity index (χ2v) is 4.40. The first-order valence-corrected chi connectivity index (χ1v) is 5.76. The van der Waals surface area contributed by atoms with Crippen LogP contribution in [0.25, 0.3) is 0 Å². The first-order chi connectivity index (χ1) is 7.31. The molecular weight excluding hydrogens is 254 g/mol. The Bertz CT molecular complexity index is 397. The minimum Gasteiger partial charge on any atom is -0.382 e. The van der Waals surface area contributed by atoms with Gasteiger partial charge in [0.05, 0.1) is 23.9 Å². The monoisotopic (exact) mass is 265 g/mol. The van der Waals surface area contributed by atoms with E-state index < -0.39 is 0 Å². The zero-order valence-corrected chi connectivity index (χ0v) is 9.92. The van der Waals surface area contributed by atoms with Crippen molar-refractivity contribution in [2.45, 2.75) is 6.42 Å². The summed E-state index contributed by atoms with van der Waals surface area (Å²) in [5.41, 5.74) is 2.34. The van der Waals surface area contributed by atoms with Crippen molar-refractivity contribution >= 4 is 27.3 Å². The van der Waals surface area contributed by atoms with Crippen molar-refractivity contribution < 1.29 is 0 Å². The quantitative estimate of drug-likeness (QED) is 0.894. The van der Waals surface area contributed by atoms with Crippen molar-refractivity contribution in [2.24, 2.45) is 0 Å². The topological polar surface area (TPSA) is 39.1 Å². The number of halogens is 1. The molecule has 1 heterocycles. The SMILES string of the molecule is N#CCCN1CCNc2cc(Br)ccc21. The van der Waals surface area contributed by atoms with Crippen LogP contribution in [-0.4, -0.2) is 19.6 Å². The van der Waals surface area contributed by atoms with E-state index in [1.165, 1.54) is 5.69 Å². The third-order valence-electron chi connectivity index (χ3n) is 2.49. The van der Waals surface area contributed by atoms with Gasteiger partial charge in [-0.25, -0.2) is 0 Å². The van der Waals surface area contributed by atoms with Crippen molar-refractivity contribution in [1.29, 1.82) is 5.26 Å². The Morgan fingerprint density at radius 2 is 2.40 bits per heavy atom. The smallest absolute Gasteiger partial charge is 0.0640 e. The Hall–Kier alpha value is -1.21. The highest BCUT2D eigenvalue weighted by molar-refractivity contribution is 9.10. The van der Waals surface area contributed by atoms with E-state index >= 15 is 0 Å². The lowest BCUT2D eigenvalue weighted by atomic mass is 10.2. The maximum absolute atomic E-state index is 8.59. The fraction of sp³-hybridized carbons (Fsp3) is 0.364. The molecule has 0 fully saturated rings. The highest BCUT2D eigenvalue weighted by atomic mass is 79.9. The van der Waals surface area contributed by atoms with E-state index in [0.717, 1.165) is 29.8 Å². The zero-order valence-electron chi connectivity index (χ0n) is 8.33. The van der Waals surface area contributed by atoms with Gasteiger partial charge in [-0.15, -0.1) is 0 Å². The number of anilines is 2. The van der Waals surface area contributed by atoms with Gasteiger partial charge in [-0.3, -0.25) is 0 Å². The van der Waals surface area contributed by atoms with Gasteiger partial charge in [-0.2, -0.15) is 5.26 Å². The standard InChI is InChI=1S/C11H12BrN3/c12-9-2-3-11-10(8-9)14-5-7-15(11)6-1-4-13/h2-3,8,14H,1,5-7H2. The number of nitrogens with one attached hydrogen (secondary N) is 1. The largest absolute Gasteiger partial charge is 0.382 e. The van der Waals surface area contributed by atoms with Gasteiger partial charge in [-0.1, -0.05) is 15.9 Å². The van der Waals surface area contributed by atoms with Crippen molar-refractivity contribution in [1.82, 2.24) is 0 Å². The van der Waals surface area contributed by atoms with Gasteiger partial charge in [0.25, 0.3) is 0 Å². The van der Waals surface area contributed by atoms with Crippen LogP contribution < -0.4 is 10.2 Å². The van der Waals surface area contributed by atoms with Gasteiger partial charge < -0.3 is 10.2 Å². The molecule has 1 aliphatic rings. The lowest BCUT2D eigenvalue weighted by Crippen LogP contribution is -2.34. The number of nitrogens with zero attached hydrogens (tertiary/aromatic N) is 2. The van der Waals surface area contributed by atoms with Gasteiger partial charge in [0.15, 0.2) is 0 Å². The lowest BCUT2D eigenvalue weighted by molar-refractivity contribution is 0.786. The minimum atomic E-state index is 0.579. The molecule has 0 aromatic heterocycles. The van der Waals surface area contributed by atoms with Crippen LogP contribution in [0, 0.1) is 11.3 Å². The maximum Gasteiger partial charge on any atom is 0.0640 e. The molecule has 1 aromatic carbocycles. The molecule has 0 atom stereocenters. The molecule has 78 valence electrons. The number of hydrogen-bond acceptors (Lipinski definition) is 3.